The Balaban J connectivity index is 1.53. The van der Waals surface area contributed by atoms with Crippen LogP contribution in [0.3, 0.4) is 0 Å². The van der Waals surface area contributed by atoms with Crippen molar-refractivity contribution in [2.24, 2.45) is 0 Å². The normalized spacial score (nSPS) is 11.8. The quantitative estimate of drug-likeness (QED) is 0.434. The van der Waals surface area contributed by atoms with Gasteiger partial charge in [0.25, 0.3) is 0 Å². The molecule has 0 spiro atoms. The molecule has 0 saturated heterocycles. The summed E-state index contributed by atoms with van der Waals surface area (Å²) < 4.78 is 5.31. The van der Waals surface area contributed by atoms with Crippen molar-refractivity contribution >= 4 is 39.4 Å². The van der Waals surface area contributed by atoms with Crippen LogP contribution in [0, 0.1) is 6.92 Å². The summed E-state index contributed by atoms with van der Waals surface area (Å²) in [6, 6.07) is 15.7. The number of aromatic nitrogens is 2. The van der Waals surface area contributed by atoms with Crippen LogP contribution >= 0.6 is 11.3 Å². The van der Waals surface area contributed by atoms with E-state index in [4.69, 9.17) is 4.74 Å². The van der Waals surface area contributed by atoms with Crippen LogP contribution in [0.5, 0.6) is 5.75 Å². The van der Waals surface area contributed by atoms with E-state index in [2.05, 4.69) is 20.6 Å². The number of aromatic amines is 1. The number of hydrogen-bond donors (Lipinski definition) is 3. The minimum atomic E-state index is -0.843. The molecule has 0 saturated carbocycles. The Morgan fingerprint density at radius 2 is 1.90 bits per heavy atom. The maximum atomic E-state index is 12.9. The number of aryl methyl sites for hydroxylation is 1. The SMILES string of the molecule is Cc1csc(NC(=O)[C@@H](Cc2c[nH]c3ccccc23)NC(=O)Oc2ccccc2)n1. The number of amides is 2. The van der Waals surface area contributed by atoms with Crippen molar-refractivity contribution in [2.75, 3.05) is 5.32 Å². The number of fused-ring (bicyclic) bond motifs is 1. The lowest BCUT2D eigenvalue weighted by Crippen LogP contribution is -2.46. The molecule has 3 N–H and O–H groups in total. The molecule has 2 amide bonds. The van der Waals surface area contributed by atoms with E-state index in [0.29, 0.717) is 17.3 Å². The molecule has 0 unspecified atom stereocenters. The van der Waals surface area contributed by atoms with Crippen LogP contribution in [0.2, 0.25) is 0 Å². The van der Waals surface area contributed by atoms with Crippen LogP contribution in [0.15, 0.2) is 66.2 Å². The predicted molar refractivity (Wildman–Crippen MR) is 117 cm³/mol. The molecule has 1 atom stereocenters. The number of hydrogen-bond acceptors (Lipinski definition) is 5. The molecule has 0 aliphatic rings. The molecule has 0 radical (unpaired) electrons. The lowest BCUT2D eigenvalue weighted by Gasteiger charge is -2.17. The third-order valence-electron chi connectivity index (χ3n) is 4.51. The molecular weight excluding hydrogens is 400 g/mol. The van der Waals surface area contributed by atoms with Gasteiger partial charge in [0.1, 0.15) is 11.8 Å². The van der Waals surface area contributed by atoms with Crippen molar-refractivity contribution in [1.82, 2.24) is 15.3 Å². The minimum Gasteiger partial charge on any atom is -0.410 e. The second kappa shape index (κ2) is 8.79. The Kier molecular flexibility index (Phi) is 5.76. The molecule has 7 nitrogen and oxygen atoms in total. The molecule has 2 heterocycles. The van der Waals surface area contributed by atoms with Crippen LogP contribution in [0.1, 0.15) is 11.3 Å². The van der Waals surface area contributed by atoms with E-state index in [0.717, 1.165) is 22.2 Å². The van der Waals surface area contributed by atoms with E-state index in [1.807, 2.05) is 48.8 Å². The van der Waals surface area contributed by atoms with Gasteiger partial charge in [-0.1, -0.05) is 36.4 Å². The Labute approximate surface area is 177 Å². The van der Waals surface area contributed by atoms with Gasteiger partial charge >= 0.3 is 6.09 Å². The number of para-hydroxylation sites is 2. The highest BCUT2D eigenvalue weighted by molar-refractivity contribution is 7.13. The van der Waals surface area contributed by atoms with Crippen molar-refractivity contribution in [3.8, 4) is 5.75 Å². The van der Waals surface area contributed by atoms with E-state index < -0.39 is 12.1 Å². The highest BCUT2D eigenvalue weighted by atomic mass is 32.1. The van der Waals surface area contributed by atoms with Gasteiger partial charge in [0.05, 0.1) is 5.69 Å². The van der Waals surface area contributed by atoms with Gasteiger partial charge in [-0.2, -0.15) is 0 Å². The molecule has 152 valence electrons. The van der Waals surface area contributed by atoms with E-state index in [1.54, 1.807) is 24.3 Å². The van der Waals surface area contributed by atoms with Crippen molar-refractivity contribution in [3.05, 3.63) is 77.4 Å². The average molecular weight is 420 g/mol. The summed E-state index contributed by atoms with van der Waals surface area (Å²) in [6.45, 7) is 1.85. The van der Waals surface area contributed by atoms with Gasteiger partial charge in [-0.05, 0) is 30.7 Å². The number of rotatable bonds is 6. The monoisotopic (exact) mass is 420 g/mol. The number of ether oxygens (including phenoxy) is 1. The Morgan fingerprint density at radius 1 is 1.13 bits per heavy atom. The first-order valence-electron chi connectivity index (χ1n) is 9.40. The van der Waals surface area contributed by atoms with Crippen LogP contribution in [0.25, 0.3) is 10.9 Å². The summed E-state index contributed by atoms with van der Waals surface area (Å²) in [4.78, 5) is 32.8. The molecule has 2 aromatic carbocycles. The molecule has 0 bridgehead atoms. The van der Waals surface area contributed by atoms with Gasteiger partial charge in [-0.25, -0.2) is 9.78 Å². The van der Waals surface area contributed by atoms with Crippen molar-refractivity contribution in [3.63, 3.8) is 0 Å². The first-order valence-corrected chi connectivity index (χ1v) is 10.3. The number of H-pyrrole nitrogens is 1. The minimum absolute atomic E-state index is 0.296. The highest BCUT2D eigenvalue weighted by Crippen LogP contribution is 2.20. The molecule has 0 aliphatic heterocycles. The maximum Gasteiger partial charge on any atom is 0.413 e. The number of nitrogens with one attached hydrogen (secondary N) is 3. The van der Waals surface area contributed by atoms with Gasteiger partial charge in [0.2, 0.25) is 5.91 Å². The maximum absolute atomic E-state index is 12.9. The fourth-order valence-electron chi connectivity index (χ4n) is 3.10. The van der Waals surface area contributed by atoms with Crippen LogP contribution in [0.4, 0.5) is 9.93 Å². The standard InChI is InChI=1S/C22H20N4O3S/c1-14-13-30-21(24-14)26-20(27)19(25-22(28)29-16-7-3-2-4-8-16)11-15-12-23-18-10-6-5-9-17(15)18/h2-10,12-13,19,23H,11H2,1H3,(H,25,28)(H,24,26,27)/t19-/m1/s1. The first kappa shape index (κ1) is 19.7. The Hall–Kier alpha value is -3.65. The van der Waals surface area contributed by atoms with Crippen molar-refractivity contribution in [1.29, 1.82) is 0 Å². The number of carbonyl (C=O) groups is 2. The van der Waals surface area contributed by atoms with Crippen LogP contribution in [-0.4, -0.2) is 28.0 Å². The summed E-state index contributed by atoms with van der Waals surface area (Å²) in [7, 11) is 0. The van der Waals surface area contributed by atoms with Crippen LogP contribution in [-0.2, 0) is 11.2 Å². The average Bonchev–Trinajstić information content (AvgIpc) is 3.34. The lowest BCUT2D eigenvalue weighted by atomic mass is 10.0. The molecule has 0 aliphatic carbocycles. The summed E-state index contributed by atoms with van der Waals surface area (Å²) in [6.07, 6.45) is 1.45. The second-order valence-corrected chi connectivity index (χ2v) is 7.60. The molecule has 2 aromatic heterocycles. The van der Waals surface area contributed by atoms with Gasteiger partial charge in [0.15, 0.2) is 5.13 Å². The Morgan fingerprint density at radius 3 is 2.67 bits per heavy atom. The zero-order valence-corrected chi connectivity index (χ0v) is 17.0. The number of carbonyl (C=O) groups excluding carboxylic acids is 2. The molecule has 4 aromatic rings. The number of anilines is 1. The highest BCUT2D eigenvalue weighted by Gasteiger charge is 2.24. The second-order valence-electron chi connectivity index (χ2n) is 6.75. The zero-order chi connectivity index (χ0) is 20.9. The third-order valence-corrected chi connectivity index (χ3v) is 5.39. The predicted octanol–water partition coefficient (Wildman–Crippen LogP) is 4.27. The Bertz CT molecular complexity index is 1170. The van der Waals surface area contributed by atoms with Gasteiger partial charge in [0, 0.05) is 28.9 Å². The van der Waals surface area contributed by atoms with Crippen molar-refractivity contribution < 1.29 is 14.3 Å². The van der Waals surface area contributed by atoms with Gasteiger partial charge in [-0.15, -0.1) is 11.3 Å². The van der Waals surface area contributed by atoms with E-state index in [-0.39, 0.29) is 5.91 Å². The summed E-state index contributed by atoms with van der Waals surface area (Å²) in [5, 5.41) is 8.80. The topological polar surface area (TPSA) is 96.1 Å². The van der Waals surface area contributed by atoms with Gasteiger partial charge < -0.3 is 20.4 Å². The number of thiazole rings is 1. The summed E-state index contributed by atoms with van der Waals surface area (Å²) >= 11 is 1.33. The van der Waals surface area contributed by atoms with Crippen LogP contribution < -0.4 is 15.4 Å². The largest absolute Gasteiger partial charge is 0.413 e. The molecule has 0 fully saturated rings. The third kappa shape index (κ3) is 4.66. The van der Waals surface area contributed by atoms with Crippen molar-refractivity contribution in [2.45, 2.75) is 19.4 Å². The first-order chi connectivity index (χ1) is 14.6. The number of nitrogens with zero attached hydrogens (tertiary/aromatic N) is 1. The fraction of sp³-hybridized carbons (Fsp3) is 0.136. The molecular formula is C22H20N4O3S. The van der Waals surface area contributed by atoms with E-state index in [9.17, 15) is 9.59 Å². The summed E-state index contributed by atoms with van der Waals surface area (Å²) in [5.74, 6) is 0.0384. The van der Waals surface area contributed by atoms with Gasteiger partial charge in [-0.3, -0.25) is 4.79 Å². The number of benzene rings is 2. The molecule has 4 rings (SSSR count). The molecule has 30 heavy (non-hydrogen) atoms. The smallest absolute Gasteiger partial charge is 0.410 e. The summed E-state index contributed by atoms with van der Waals surface area (Å²) in [5.41, 5.74) is 2.70. The fourth-order valence-corrected chi connectivity index (χ4v) is 3.79. The zero-order valence-electron chi connectivity index (χ0n) is 16.2. The van der Waals surface area contributed by atoms with E-state index >= 15 is 0 Å². The molecule has 8 heteroatoms. The lowest BCUT2D eigenvalue weighted by molar-refractivity contribution is -0.118. The van der Waals surface area contributed by atoms with E-state index in [1.165, 1.54) is 11.3 Å².